The molecule has 20 heavy (non-hydrogen) atoms. The van der Waals surface area contributed by atoms with Crippen LogP contribution in [0.15, 0.2) is 24.8 Å². The number of hydrogen-bond donors (Lipinski definition) is 0. The van der Waals surface area contributed by atoms with E-state index in [0.717, 1.165) is 29.1 Å². The second kappa shape index (κ2) is 5.23. The fourth-order valence-corrected chi connectivity index (χ4v) is 3.18. The molecule has 1 aliphatic carbocycles. The van der Waals surface area contributed by atoms with E-state index in [1.807, 2.05) is 12.2 Å². The van der Waals surface area contributed by atoms with Crippen molar-refractivity contribution < 1.29 is 14.4 Å². The van der Waals surface area contributed by atoms with Crippen molar-refractivity contribution in [1.82, 2.24) is 9.80 Å². The minimum Gasteiger partial charge on any atom is -0.273 e. The van der Waals surface area contributed by atoms with Crippen LogP contribution in [0.4, 0.5) is 4.79 Å². The highest BCUT2D eigenvalue weighted by molar-refractivity contribution is 6.19. The van der Waals surface area contributed by atoms with Crippen LogP contribution in [0.2, 0.25) is 0 Å². The minimum absolute atomic E-state index is 0.174. The van der Waals surface area contributed by atoms with Crippen molar-refractivity contribution in [2.45, 2.75) is 25.7 Å². The van der Waals surface area contributed by atoms with Crippen LogP contribution in [-0.4, -0.2) is 41.7 Å². The molecule has 0 aromatic heterocycles. The van der Waals surface area contributed by atoms with E-state index in [1.165, 1.54) is 14.1 Å². The molecule has 1 aliphatic heterocycles. The smallest absolute Gasteiger partial charge is 0.273 e. The lowest BCUT2D eigenvalue weighted by molar-refractivity contribution is -0.160. The Kier molecular flexibility index (Phi) is 3.79. The van der Waals surface area contributed by atoms with Crippen LogP contribution in [0.25, 0.3) is 0 Å². The number of urea groups is 1. The van der Waals surface area contributed by atoms with Crippen molar-refractivity contribution in [3.05, 3.63) is 24.8 Å². The third-order valence-electron chi connectivity index (χ3n) is 4.30. The van der Waals surface area contributed by atoms with Crippen LogP contribution >= 0.6 is 0 Å². The van der Waals surface area contributed by atoms with E-state index in [0.29, 0.717) is 0 Å². The zero-order valence-electron chi connectivity index (χ0n) is 12.0. The molecule has 0 saturated carbocycles. The number of allylic oxidation sites excluding steroid dienone is 3. The fraction of sp³-hybridized carbons (Fsp3) is 0.533. The summed E-state index contributed by atoms with van der Waals surface area (Å²) in [6.07, 6.45) is 8.49. The number of barbiturate groups is 1. The van der Waals surface area contributed by atoms with Crippen molar-refractivity contribution >= 4 is 17.8 Å². The summed E-state index contributed by atoms with van der Waals surface area (Å²) in [4.78, 5) is 39.3. The van der Waals surface area contributed by atoms with Crippen LogP contribution in [0, 0.1) is 11.3 Å². The van der Waals surface area contributed by atoms with Gasteiger partial charge in [-0.3, -0.25) is 19.4 Å². The molecule has 1 heterocycles. The maximum Gasteiger partial charge on any atom is 0.332 e. The largest absolute Gasteiger partial charge is 0.332 e. The molecule has 1 fully saturated rings. The molecule has 108 valence electrons. The van der Waals surface area contributed by atoms with Gasteiger partial charge in [-0.1, -0.05) is 18.2 Å². The summed E-state index contributed by atoms with van der Waals surface area (Å²) in [5.41, 5.74) is -1.21. The Morgan fingerprint density at radius 3 is 2.35 bits per heavy atom. The SMILES string of the molecule is C=CCC1(C2C=CCCC2)C(=O)N(C)C(=O)N(C)C1=O. The predicted octanol–water partition coefficient (Wildman–Crippen LogP) is 1.96. The molecule has 4 amide bonds. The first kappa shape index (κ1) is 14.5. The van der Waals surface area contributed by atoms with Gasteiger partial charge in [0.25, 0.3) is 0 Å². The normalized spacial score (nSPS) is 26.1. The number of rotatable bonds is 3. The first-order chi connectivity index (χ1) is 9.46. The predicted molar refractivity (Wildman–Crippen MR) is 74.7 cm³/mol. The molecule has 5 heteroatoms. The average Bonchev–Trinajstić information content (AvgIpc) is 2.48. The second-order valence-electron chi connectivity index (χ2n) is 5.44. The number of carbonyl (C=O) groups excluding carboxylic acids is 3. The van der Waals surface area contributed by atoms with Crippen molar-refractivity contribution in [1.29, 1.82) is 0 Å². The van der Waals surface area contributed by atoms with Gasteiger partial charge in [-0.05, 0) is 25.7 Å². The summed E-state index contributed by atoms with van der Waals surface area (Å²) in [5, 5.41) is 0. The van der Waals surface area contributed by atoms with E-state index in [2.05, 4.69) is 6.58 Å². The van der Waals surface area contributed by atoms with E-state index >= 15 is 0 Å². The maximum absolute atomic E-state index is 12.7. The van der Waals surface area contributed by atoms with E-state index in [-0.39, 0.29) is 12.3 Å². The summed E-state index contributed by atoms with van der Waals surface area (Å²) in [7, 11) is 2.86. The third-order valence-corrected chi connectivity index (χ3v) is 4.30. The molecule has 0 bridgehead atoms. The first-order valence-electron chi connectivity index (χ1n) is 6.84. The van der Waals surface area contributed by atoms with Gasteiger partial charge in [0.05, 0.1) is 0 Å². The van der Waals surface area contributed by atoms with Gasteiger partial charge < -0.3 is 0 Å². The molecule has 2 aliphatic rings. The van der Waals surface area contributed by atoms with Crippen LogP contribution in [-0.2, 0) is 9.59 Å². The molecule has 1 unspecified atom stereocenters. The van der Waals surface area contributed by atoms with Gasteiger partial charge in [0.1, 0.15) is 5.41 Å². The number of imide groups is 2. The van der Waals surface area contributed by atoms with E-state index in [9.17, 15) is 14.4 Å². The van der Waals surface area contributed by atoms with Crippen LogP contribution in [0.5, 0.6) is 0 Å². The van der Waals surface area contributed by atoms with Gasteiger partial charge in [-0.15, -0.1) is 6.58 Å². The molecule has 2 rings (SSSR count). The Hall–Kier alpha value is -1.91. The number of amides is 4. The van der Waals surface area contributed by atoms with Gasteiger partial charge in [0.15, 0.2) is 0 Å². The minimum atomic E-state index is -1.21. The van der Waals surface area contributed by atoms with Gasteiger partial charge >= 0.3 is 6.03 Å². The lowest BCUT2D eigenvalue weighted by atomic mass is 9.66. The van der Waals surface area contributed by atoms with Gasteiger partial charge in [-0.2, -0.15) is 0 Å². The molecule has 1 atom stereocenters. The average molecular weight is 276 g/mol. The van der Waals surface area contributed by atoms with E-state index in [4.69, 9.17) is 0 Å². The molecular formula is C15H20N2O3. The monoisotopic (exact) mass is 276 g/mol. The molecule has 0 N–H and O–H groups in total. The topological polar surface area (TPSA) is 57.7 Å². The first-order valence-corrected chi connectivity index (χ1v) is 6.84. The third kappa shape index (κ3) is 1.88. The summed E-state index contributed by atoms with van der Waals surface area (Å²) < 4.78 is 0. The lowest BCUT2D eigenvalue weighted by Crippen LogP contribution is -2.65. The highest BCUT2D eigenvalue weighted by Crippen LogP contribution is 2.43. The molecular weight excluding hydrogens is 256 g/mol. The fourth-order valence-electron chi connectivity index (χ4n) is 3.18. The summed E-state index contributed by atoms with van der Waals surface area (Å²) >= 11 is 0. The van der Waals surface area contributed by atoms with E-state index in [1.54, 1.807) is 6.08 Å². The Balaban J connectivity index is 2.53. The quantitative estimate of drug-likeness (QED) is 0.585. The van der Waals surface area contributed by atoms with Gasteiger partial charge in [0, 0.05) is 20.0 Å². The van der Waals surface area contributed by atoms with Crippen molar-refractivity contribution in [3.8, 4) is 0 Å². The molecule has 0 aromatic carbocycles. The molecule has 1 saturated heterocycles. The molecule has 5 nitrogen and oxygen atoms in total. The maximum atomic E-state index is 12.7. The van der Waals surface area contributed by atoms with Crippen molar-refractivity contribution in [3.63, 3.8) is 0 Å². The number of hydrogen-bond acceptors (Lipinski definition) is 3. The van der Waals surface area contributed by atoms with Crippen molar-refractivity contribution in [2.24, 2.45) is 11.3 Å². The van der Waals surface area contributed by atoms with Crippen molar-refractivity contribution in [2.75, 3.05) is 14.1 Å². The van der Waals surface area contributed by atoms with Crippen LogP contribution < -0.4 is 0 Å². The number of nitrogens with zero attached hydrogens (tertiary/aromatic N) is 2. The molecule has 0 aromatic rings. The lowest BCUT2D eigenvalue weighted by Gasteiger charge is -2.45. The van der Waals surface area contributed by atoms with E-state index < -0.39 is 23.3 Å². The van der Waals surface area contributed by atoms with Crippen LogP contribution in [0.3, 0.4) is 0 Å². The summed E-state index contributed by atoms with van der Waals surface area (Å²) in [6.45, 7) is 3.68. The zero-order chi connectivity index (χ0) is 14.9. The highest BCUT2D eigenvalue weighted by atomic mass is 16.2. The van der Waals surface area contributed by atoms with Gasteiger partial charge in [-0.25, -0.2) is 4.79 Å². The zero-order valence-corrected chi connectivity index (χ0v) is 12.0. The Labute approximate surface area is 118 Å². The highest BCUT2D eigenvalue weighted by Gasteiger charge is 2.58. The Bertz CT molecular complexity index is 471. The van der Waals surface area contributed by atoms with Gasteiger partial charge in [0.2, 0.25) is 11.8 Å². The van der Waals surface area contributed by atoms with Crippen LogP contribution in [0.1, 0.15) is 25.7 Å². The Morgan fingerprint density at radius 1 is 1.30 bits per heavy atom. The second-order valence-corrected chi connectivity index (χ2v) is 5.44. The molecule has 0 spiro atoms. The Morgan fingerprint density at radius 2 is 1.90 bits per heavy atom. The summed E-state index contributed by atoms with van der Waals surface area (Å²) in [6, 6.07) is -0.570. The standard InChI is InChI=1S/C15H20N2O3/c1-4-10-15(11-8-6-5-7-9-11)12(18)16(2)14(20)17(3)13(15)19/h4,6,8,11H,1,5,7,9-10H2,2-3H3. The summed E-state index contributed by atoms with van der Waals surface area (Å²) in [5.74, 6) is -1.00. The number of carbonyl (C=O) groups is 3. The molecule has 0 radical (unpaired) electrons.